The highest BCUT2D eigenvalue weighted by atomic mass is 35.5. The van der Waals surface area contributed by atoms with Crippen molar-refractivity contribution in [2.75, 3.05) is 46.0 Å². The highest BCUT2D eigenvalue weighted by molar-refractivity contribution is 7.11. The predicted molar refractivity (Wildman–Crippen MR) is 147 cm³/mol. The number of ketones is 1. The van der Waals surface area contributed by atoms with Crippen LogP contribution in [0.15, 0.2) is 52.1 Å². The van der Waals surface area contributed by atoms with Gasteiger partial charge in [-0.3, -0.25) is 19.5 Å². The van der Waals surface area contributed by atoms with E-state index in [1.54, 1.807) is 32.2 Å². The number of thiazole rings is 1. The number of amidine groups is 1. The second-order valence-electron chi connectivity index (χ2n) is 8.10. The van der Waals surface area contributed by atoms with E-state index in [4.69, 9.17) is 26.2 Å². The highest BCUT2D eigenvalue weighted by Crippen LogP contribution is 2.16. The molecule has 39 heavy (non-hydrogen) atoms. The van der Waals surface area contributed by atoms with Crippen LogP contribution in [0.3, 0.4) is 0 Å². The van der Waals surface area contributed by atoms with Crippen LogP contribution in [-0.4, -0.2) is 84.5 Å². The van der Waals surface area contributed by atoms with Gasteiger partial charge in [0.25, 0.3) is 0 Å². The standard InChI is InChI=1S/C15H20N4O3S.C6H4ClF.C5H8O3/c1-2-22-15(20)11-9-17-13(14-16-3-8-23-14)18-12(11)10-19-4-6-21-7-5-19;7-5-2-1-3-6(8)4-5;1-2-4(6)3-5(7)8/h3,8H,2,4-7,9-10H2,1H3,(H,17,18);1-4H;2-3H2,1H3,(H,7,8). The number of aliphatic carboxylic acids is 1. The van der Waals surface area contributed by atoms with Crippen LogP contribution in [0.2, 0.25) is 5.02 Å². The minimum atomic E-state index is -1.04. The van der Waals surface area contributed by atoms with Gasteiger partial charge < -0.3 is 19.9 Å². The molecular formula is C26H32ClFN4O6S. The first-order valence-electron chi connectivity index (χ1n) is 12.3. The number of esters is 1. The first-order valence-corrected chi connectivity index (χ1v) is 13.5. The fourth-order valence-corrected chi connectivity index (χ4v) is 4.03. The molecular weight excluding hydrogens is 551 g/mol. The van der Waals surface area contributed by atoms with Crippen LogP contribution in [-0.2, 0) is 23.9 Å². The number of carbonyl (C=O) groups is 3. The Hall–Kier alpha value is -3.19. The van der Waals surface area contributed by atoms with E-state index in [1.807, 2.05) is 5.38 Å². The van der Waals surface area contributed by atoms with Crippen molar-refractivity contribution in [3.63, 3.8) is 0 Å². The number of Topliss-reactive ketones (excluding diaryl/α,β-unsaturated/α-hetero) is 1. The molecule has 0 unspecified atom stereocenters. The molecule has 3 heterocycles. The Labute approximate surface area is 235 Å². The monoisotopic (exact) mass is 582 g/mol. The first-order chi connectivity index (χ1) is 18.7. The summed E-state index contributed by atoms with van der Waals surface area (Å²) < 4.78 is 22.6. The summed E-state index contributed by atoms with van der Waals surface area (Å²) in [5.74, 6) is -1.15. The molecule has 0 atom stereocenters. The van der Waals surface area contributed by atoms with Gasteiger partial charge in [0, 0.05) is 48.4 Å². The van der Waals surface area contributed by atoms with Crippen molar-refractivity contribution in [1.82, 2.24) is 15.2 Å². The van der Waals surface area contributed by atoms with Gasteiger partial charge in [-0.05, 0) is 25.1 Å². The Morgan fingerprint density at radius 1 is 1.26 bits per heavy atom. The molecule has 4 rings (SSSR count). The van der Waals surface area contributed by atoms with Gasteiger partial charge in [0.2, 0.25) is 0 Å². The number of benzene rings is 1. The minimum absolute atomic E-state index is 0.225. The summed E-state index contributed by atoms with van der Waals surface area (Å²) in [4.78, 5) is 43.2. The number of aliphatic imine (C=N–C) groups is 1. The zero-order valence-electron chi connectivity index (χ0n) is 21.8. The van der Waals surface area contributed by atoms with E-state index in [2.05, 4.69) is 20.2 Å². The molecule has 10 nitrogen and oxygen atoms in total. The van der Waals surface area contributed by atoms with E-state index < -0.39 is 5.97 Å². The third kappa shape index (κ3) is 12.0. The van der Waals surface area contributed by atoms with Crippen LogP contribution in [0, 0.1) is 5.82 Å². The number of nitrogens with one attached hydrogen (secondary N) is 1. The molecule has 212 valence electrons. The van der Waals surface area contributed by atoms with Gasteiger partial charge in [-0.2, -0.15) is 0 Å². The molecule has 0 radical (unpaired) electrons. The number of rotatable bonds is 8. The average Bonchev–Trinajstić information content (AvgIpc) is 3.45. The summed E-state index contributed by atoms with van der Waals surface area (Å²) in [5, 5.41) is 14.5. The Bertz CT molecular complexity index is 1140. The molecule has 2 aromatic rings. The number of aromatic nitrogens is 1. The van der Waals surface area contributed by atoms with Crippen LogP contribution in [0.1, 0.15) is 31.7 Å². The van der Waals surface area contributed by atoms with Crippen molar-refractivity contribution < 1.29 is 33.4 Å². The number of carboxylic acid groups (broad SMARTS) is 1. The summed E-state index contributed by atoms with van der Waals surface area (Å²) in [5.41, 5.74) is 1.45. The van der Waals surface area contributed by atoms with Gasteiger partial charge in [0.15, 0.2) is 10.8 Å². The SMILES string of the molecule is CCC(=O)CC(=O)O.CCOC(=O)C1=C(CN2CCOCC2)NC(c2nccs2)=NC1.Fc1cccc(Cl)c1. The van der Waals surface area contributed by atoms with Gasteiger partial charge in [-0.25, -0.2) is 14.2 Å². The number of halogens is 2. The normalized spacial score (nSPS) is 15.0. The lowest BCUT2D eigenvalue weighted by Gasteiger charge is -2.30. The van der Waals surface area contributed by atoms with E-state index >= 15 is 0 Å². The molecule has 1 aromatic heterocycles. The third-order valence-corrected chi connectivity index (χ3v) is 6.22. The Morgan fingerprint density at radius 2 is 2.00 bits per heavy atom. The molecule has 0 saturated carbocycles. The smallest absolute Gasteiger partial charge is 0.337 e. The number of ether oxygens (including phenoxy) is 2. The molecule has 0 amide bonds. The average molecular weight is 583 g/mol. The maximum atomic E-state index is 12.2. The van der Waals surface area contributed by atoms with Crippen LogP contribution < -0.4 is 5.32 Å². The summed E-state index contributed by atoms with van der Waals surface area (Å²) in [6.45, 7) is 7.92. The fourth-order valence-electron chi connectivity index (χ4n) is 3.25. The summed E-state index contributed by atoms with van der Waals surface area (Å²) in [7, 11) is 0. The lowest BCUT2D eigenvalue weighted by atomic mass is 10.1. The molecule has 1 fully saturated rings. The van der Waals surface area contributed by atoms with Crippen molar-refractivity contribution in [3.05, 3.63) is 63.0 Å². The number of morpholine rings is 1. The molecule has 13 heteroatoms. The summed E-state index contributed by atoms with van der Waals surface area (Å²) >= 11 is 6.93. The third-order valence-electron chi connectivity index (χ3n) is 5.20. The van der Waals surface area contributed by atoms with Gasteiger partial charge in [-0.1, -0.05) is 24.6 Å². The van der Waals surface area contributed by atoms with Crippen LogP contribution in [0.4, 0.5) is 4.39 Å². The number of hydrogen-bond donors (Lipinski definition) is 2. The molecule has 1 saturated heterocycles. The fraction of sp³-hybridized carbons (Fsp3) is 0.423. The number of hydrogen-bond acceptors (Lipinski definition) is 10. The van der Waals surface area contributed by atoms with Crippen LogP contribution >= 0.6 is 22.9 Å². The minimum Gasteiger partial charge on any atom is -0.481 e. The molecule has 0 bridgehead atoms. The van der Waals surface area contributed by atoms with E-state index in [0.29, 0.717) is 36.7 Å². The van der Waals surface area contributed by atoms with Crippen molar-refractivity contribution >= 4 is 46.5 Å². The highest BCUT2D eigenvalue weighted by Gasteiger charge is 2.25. The van der Waals surface area contributed by atoms with Crippen molar-refractivity contribution in [2.24, 2.45) is 4.99 Å². The van der Waals surface area contributed by atoms with E-state index in [0.717, 1.165) is 42.8 Å². The van der Waals surface area contributed by atoms with Gasteiger partial charge in [0.1, 0.15) is 18.0 Å². The zero-order valence-corrected chi connectivity index (χ0v) is 23.4. The molecule has 2 aliphatic rings. The predicted octanol–water partition coefficient (Wildman–Crippen LogP) is 3.56. The quantitative estimate of drug-likeness (QED) is 0.354. The van der Waals surface area contributed by atoms with E-state index in [1.165, 1.54) is 23.5 Å². The van der Waals surface area contributed by atoms with Crippen molar-refractivity contribution in [1.29, 1.82) is 0 Å². The lowest BCUT2D eigenvalue weighted by Crippen LogP contribution is -2.43. The van der Waals surface area contributed by atoms with Crippen LogP contribution in [0.5, 0.6) is 0 Å². The van der Waals surface area contributed by atoms with Gasteiger partial charge >= 0.3 is 11.9 Å². The molecule has 2 N–H and O–H groups in total. The largest absolute Gasteiger partial charge is 0.481 e. The second kappa shape index (κ2) is 17.4. The summed E-state index contributed by atoms with van der Waals surface area (Å²) in [6.07, 6.45) is 1.72. The summed E-state index contributed by atoms with van der Waals surface area (Å²) in [6, 6.07) is 5.82. The topological polar surface area (TPSA) is 130 Å². The maximum absolute atomic E-state index is 12.2. The molecule has 0 aliphatic carbocycles. The Balaban J connectivity index is 0.000000273. The van der Waals surface area contributed by atoms with E-state index in [-0.39, 0.29) is 24.0 Å². The molecule has 1 aromatic carbocycles. The van der Waals surface area contributed by atoms with E-state index in [9.17, 15) is 18.8 Å². The maximum Gasteiger partial charge on any atom is 0.337 e. The molecule has 0 spiro atoms. The van der Waals surface area contributed by atoms with Gasteiger partial charge in [-0.15, -0.1) is 11.3 Å². The Kier molecular flexibility index (Phi) is 14.3. The zero-order chi connectivity index (χ0) is 28.6. The molecule has 2 aliphatic heterocycles. The first kappa shape index (κ1) is 32.0. The Morgan fingerprint density at radius 3 is 2.51 bits per heavy atom. The van der Waals surface area contributed by atoms with Crippen molar-refractivity contribution in [3.8, 4) is 0 Å². The van der Waals surface area contributed by atoms with Crippen LogP contribution in [0.25, 0.3) is 0 Å². The number of carbonyl (C=O) groups excluding carboxylic acids is 2. The number of carboxylic acids is 1. The lowest BCUT2D eigenvalue weighted by molar-refractivity contribution is -0.140. The second-order valence-corrected chi connectivity index (χ2v) is 9.43. The van der Waals surface area contributed by atoms with Crippen molar-refractivity contribution in [2.45, 2.75) is 26.7 Å². The van der Waals surface area contributed by atoms with Gasteiger partial charge in [0.05, 0.1) is 31.9 Å². The number of nitrogens with zero attached hydrogens (tertiary/aromatic N) is 3.